The smallest absolute Gasteiger partial charge is 0.147 e. The van der Waals surface area contributed by atoms with E-state index < -0.39 is 0 Å². The summed E-state index contributed by atoms with van der Waals surface area (Å²) >= 11 is 0. The van der Waals surface area contributed by atoms with Gasteiger partial charge in [0, 0.05) is 23.0 Å². The minimum atomic E-state index is 0.537. The topological polar surface area (TPSA) is 43.8 Å². The van der Waals surface area contributed by atoms with Gasteiger partial charge in [0.15, 0.2) is 0 Å². The number of anilines is 1. The number of nitrogen functional groups attached to an aromatic ring is 1. The minimum absolute atomic E-state index is 0.537. The number of hydrogen-bond acceptors (Lipinski definition) is 2. The van der Waals surface area contributed by atoms with Crippen LogP contribution in [-0.4, -0.2) is 9.55 Å². The van der Waals surface area contributed by atoms with Crippen LogP contribution in [0.15, 0.2) is 24.4 Å². The third kappa shape index (κ3) is 2.07. The van der Waals surface area contributed by atoms with Gasteiger partial charge in [-0.25, -0.2) is 4.98 Å². The van der Waals surface area contributed by atoms with Crippen LogP contribution in [0.1, 0.15) is 53.6 Å². The van der Waals surface area contributed by atoms with E-state index >= 15 is 0 Å². The molecule has 0 amide bonds. The highest BCUT2D eigenvalue weighted by Crippen LogP contribution is 2.42. The first-order valence-corrected chi connectivity index (χ1v) is 8.85. The maximum absolute atomic E-state index is 6.38. The Morgan fingerprint density at radius 3 is 2.58 bits per heavy atom. The van der Waals surface area contributed by atoms with Crippen molar-refractivity contribution in [3.05, 3.63) is 52.3 Å². The molecule has 1 aliphatic rings. The van der Waals surface area contributed by atoms with Crippen LogP contribution < -0.4 is 5.73 Å². The zero-order chi connectivity index (χ0) is 17.0. The number of hydrogen-bond donors (Lipinski definition) is 1. The number of nitrogens with two attached hydrogens (primary N) is 1. The van der Waals surface area contributed by atoms with Crippen molar-refractivity contribution >= 4 is 16.7 Å². The SMILES string of the molecule is Cc1cc(C)c(-n2c3c(c4c(N)ccnc42)C(C)CCC3)c(C)c1. The van der Waals surface area contributed by atoms with Crippen molar-refractivity contribution in [3.8, 4) is 5.69 Å². The van der Waals surface area contributed by atoms with E-state index in [4.69, 9.17) is 10.7 Å². The third-order valence-electron chi connectivity index (χ3n) is 5.43. The molecule has 1 aromatic carbocycles. The first kappa shape index (κ1) is 15.3. The van der Waals surface area contributed by atoms with Gasteiger partial charge < -0.3 is 5.73 Å². The fourth-order valence-electron chi connectivity index (χ4n) is 4.57. The summed E-state index contributed by atoms with van der Waals surface area (Å²) in [4.78, 5) is 4.75. The highest BCUT2D eigenvalue weighted by Gasteiger charge is 2.28. The van der Waals surface area contributed by atoms with Gasteiger partial charge in [0.25, 0.3) is 0 Å². The van der Waals surface area contributed by atoms with Gasteiger partial charge in [0.1, 0.15) is 5.65 Å². The van der Waals surface area contributed by atoms with E-state index in [9.17, 15) is 0 Å². The lowest BCUT2D eigenvalue weighted by atomic mass is 9.86. The van der Waals surface area contributed by atoms with E-state index in [-0.39, 0.29) is 0 Å². The predicted octanol–water partition coefficient (Wildman–Crippen LogP) is 4.97. The maximum atomic E-state index is 6.38. The molecule has 0 radical (unpaired) electrons. The Bertz CT molecular complexity index is 926. The molecule has 1 unspecified atom stereocenters. The van der Waals surface area contributed by atoms with Crippen LogP contribution in [0.25, 0.3) is 16.7 Å². The van der Waals surface area contributed by atoms with Crippen LogP contribution in [0.5, 0.6) is 0 Å². The standard InChI is InChI=1S/C21H25N3/c1-12-10-14(3)20(15(4)11-12)24-17-7-5-6-13(2)18(17)19-16(22)8-9-23-21(19)24/h8-11,13H,5-7H2,1-4H3,(H2,22,23). The van der Waals surface area contributed by atoms with Gasteiger partial charge in [-0.2, -0.15) is 0 Å². The molecule has 2 N–H and O–H groups in total. The predicted molar refractivity (Wildman–Crippen MR) is 101 cm³/mol. The molecule has 24 heavy (non-hydrogen) atoms. The summed E-state index contributed by atoms with van der Waals surface area (Å²) in [6.07, 6.45) is 5.39. The Hall–Kier alpha value is -2.29. The van der Waals surface area contributed by atoms with E-state index in [2.05, 4.69) is 44.4 Å². The molecule has 3 nitrogen and oxygen atoms in total. The molecule has 0 aliphatic heterocycles. The summed E-state index contributed by atoms with van der Waals surface area (Å²) in [6, 6.07) is 6.46. The van der Waals surface area contributed by atoms with Gasteiger partial charge in [-0.1, -0.05) is 24.6 Å². The van der Waals surface area contributed by atoms with Crippen LogP contribution in [0.3, 0.4) is 0 Å². The van der Waals surface area contributed by atoms with Crippen LogP contribution in [-0.2, 0) is 6.42 Å². The molecule has 0 fully saturated rings. The Morgan fingerprint density at radius 1 is 1.17 bits per heavy atom. The summed E-state index contributed by atoms with van der Waals surface area (Å²) < 4.78 is 2.39. The molecule has 3 heteroatoms. The van der Waals surface area contributed by atoms with Crippen LogP contribution in [0.2, 0.25) is 0 Å². The second-order valence-corrected chi connectivity index (χ2v) is 7.34. The van der Waals surface area contributed by atoms with Crippen molar-refractivity contribution in [2.45, 2.75) is 52.9 Å². The van der Waals surface area contributed by atoms with E-state index in [1.807, 2.05) is 12.3 Å². The minimum Gasteiger partial charge on any atom is -0.398 e. The molecule has 124 valence electrons. The fraction of sp³-hybridized carbons (Fsp3) is 0.381. The lowest BCUT2D eigenvalue weighted by Gasteiger charge is -2.23. The average molecular weight is 319 g/mol. The fourth-order valence-corrected chi connectivity index (χ4v) is 4.57. The zero-order valence-corrected chi connectivity index (χ0v) is 15.0. The summed E-state index contributed by atoms with van der Waals surface area (Å²) in [5.74, 6) is 0.537. The Kier molecular flexibility index (Phi) is 3.41. The van der Waals surface area contributed by atoms with Gasteiger partial charge in [-0.3, -0.25) is 4.57 Å². The van der Waals surface area contributed by atoms with E-state index in [0.717, 1.165) is 17.8 Å². The highest BCUT2D eigenvalue weighted by molar-refractivity contribution is 5.95. The van der Waals surface area contributed by atoms with Crippen molar-refractivity contribution in [3.63, 3.8) is 0 Å². The summed E-state index contributed by atoms with van der Waals surface area (Å²) in [5.41, 5.74) is 16.3. The van der Waals surface area contributed by atoms with E-state index in [0.29, 0.717) is 5.92 Å². The summed E-state index contributed by atoms with van der Waals surface area (Å²) in [7, 11) is 0. The molecule has 2 aromatic heterocycles. The number of benzene rings is 1. The summed E-state index contributed by atoms with van der Waals surface area (Å²) in [6.45, 7) is 8.88. The third-order valence-corrected chi connectivity index (χ3v) is 5.43. The van der Waals surface area contributed by atoms with Crippen molar-refractivity contribution in [1.29, 1.82) is 0 Å². The second-order valence-electron chi connectivity index (χ2n) is 7.34. The Labute approximate surface area is 143 Å². The van der Waals surface area contributed by atoms with Gasteiger partial charge >= 0.3 is 0 Å². The van der Waals surface area contributed by atoms with E-state index in [1.54, 1.807) is 0 Å². The molecule has 0 bridgehead atoms. The second kappa shape index (κ2) is 5.37. The summed E-state index contributed by atoms with van der Waals surface area (Å²) in [5, 5.41) is 1.17. The largest absolute Gasteiger partial charge is 0.398 e. The quantitative estimate of drug-likeness (QED) is 0.688. The molecule has 4 rings (SSSR count). The normalized spacial score (nSPS) is 17.2. The number of pyridine rings is 1. The molecule has 1 aliphatic carbocycles. The zero-order valence-electron chi connectivity index (χ0n) is 15.0. The number of fused-ring (bicyclic) bond motifs is 3. The van der Waals surface area contributed by atoms with Crippen LogP contribution in [0.4, 0.5) is 5.69 Å². The number of rotatable bonds is 1. The molecule has 0 saturated carbocycles. The van der Waals surface area contributed by atoms with Crippen molar-refractivity contribution < 1.29 is 0 Å². The monoisotopic (exact) mass is 319 g/mol. The highest BCUT2D eigenvalue weighted by atomic mass is 15.1. The van der Waals surface area contributed by atoms with Gasteiger partial charge in [-0.05, 0) is 68.7 Å². The van der Waals surface area contributed by atoms with Crippen molar-refractivity contribution in [1.82, 2.24) is 9.55 Å². The molecule has 3 aromatic rings. The lowest BCUT2D eigenvalue weighted by molar-refractivity contribution is 0.581. The average Bonchev–Trinajstić information content (AvgIpc) is 2.84. The Morgan fingerprint density at radius 2 is 1.88 bits per heavy atom. The molecular weight excluding hydrogens is 294 g/mol. The molecule has 1 atom stereocenters. The molecule has 0 spiro atoms. The molecule has 0 saturated heterocycles. The van der Waals surface area contributed by atoms with E-state index in [1.165, 1.54) is 51.9 Å². The van der Waals surface area contributed by atoms with Crippen molar-refractivity contribution in [2.24, 2.45) is 0 Å². The number of aryl methyl sites for hydroxylation is 3. The van der Waals surface area contributed by atoms with Crippen LogP contribution in [0, 0.1) is 20.8 Å². The number of nitrogens with zero attached hydrogens (tertiary/aromatic N) is 2. The Balaban J connectivity index is 2.16. The molecule has 2 heterocycles. The van der Waals surface area contributed by atoms with Gasteiger partial charge in [0.05, 0.1) is 5.69 Å². The maximum Gasteiger partial charge on any atom is 0.147 e. The first-order valence-electron chi connectivity index (χ1n) is 8.85. The molecular formula is C21H25N3. The lowest BCUT2D eigenvalue weighted by Crippen LogP contribution is -2.11. The number of aromatic nitrogens is 2. The van der Waals surface area contributed by atoms with Crippen molar-refractivity contribution in [2.75, 3.05) is 5.73 Å². The van der Waals surface area contributed by atoms with Gasteiger partial charge in [-0.15, -0.1) is 0 Å². The van der Waals surface area contributed by atoms with Crippen LogP contribution >= 0.6 is 0 Å². The first-order chi connectivity index (χ1) is 11.5. The van der Waals surface area contributed by atoms with Gasteiger partial charge in [0.2, 0.25) is 0 Å².